The molecule has 0 atom stereocenters. The fourth-order valence-electron chi connectivity index (χ4n) is 1.51. The minimum absolute atomic E-state index is 0.00902. The quantitative estimate of drug-likeness (QED) is 0.911. The molecule has 2 rings (SSSR count). The molecule has 0 unspecified atom stereocenters. The van der Waals surface area contributed by atoms with E-state index < -0.39 is 0 Å². The minimum Gasteiger partial charge on any atom is -0.493 e. The molecule has 0 aliphatic rings. The Morgan fingerprint density at radius 2 is 2.06 bits per heavy atom. The fourth-order valence-corrected chi connectivity index (χ4v) is 2.91. The molecule has 0 amide bonds. The molecule has 0 saturated heterocycles. The molecule has 0 saturated carbocycles. The van der Waals surface area contributed by atoms with Crippen LogP contribution in [-0.4, -0.2) is 12.2 Å². The molecule has 18 heavy (non-hydrogen) atoms. The Hall–Kier alpha value is -1.04. The molecule has 0 bridgehead atoms. The van der Waals surface area contributed by atoms with Gasteiger partial charge in [0.1, 0.15) is 6.61 Å². The first-order chi connectivity index (χ1) is 8.72. The second-order valence-corrected chi connectivity index (χ2v) is 6.19. The predicted octanol–water partition coefficient (Wildman–Crippen LogP) is 3.59. The minimum atomic E-state index is -0.00902. The lowest BCUT2D eigenvalue weighted by atomic mass is 10.2. The van der Waals surface area contributed by atoms with E-state index in [2.05, 4.69) is 15.9 Å². The molecule has 3 nitrogen and oxygen atoms in total. The Labute approximate surface area is 118 Å². The molecular weight excluding hydrogens is 316 g/mol. The van der Waals surface area contributed by atoms with Gasteiger partial charge < -0.3 is 14.6 Å². The number of methoxy groups -OCH3 is 1. The summed E-state index contributed by atoms with van der Waals surface area (Å²) in [5, 5.41) is 9.11. The monoisotopic (exact) mass is 328 g/mol. The summed E-state index contributed by atoms with van der Waals surface area (Å²) in [5.74, 6) is 1.32. The summed E-state index contributed by atoms with van der Waals surface area (Å²) in [6, 6.07) is 9.40. The zero-order chi connectivity index (χ0) is 13.0. The Kier molecular flexibility index (Phi) is 4.63. The van der Waals surface area contributed by atoms with Crippen molar-refractivity contribution in [1.82, 2.24) is 0 Å². The first kappa shape index (κ1) is 13.4. The summed E-state index contributed by atoms with van der Waals surface area (Å²) in [7, 11) is 1.60. The van der Waals surface area contributed by atoms with E-state index in [0.29, 0.717) is 18.1 Å². The van der Waals surface area contributed by atoms with Crippen LogP contribution >= 0.6 is 27.3 Å². The maximum atomic E-state index is 9.11. The maximum absolute atomic E-state index is 9.11. The van der Waals surface area contributed by atoms with Crippen LogP contribution in [0.2, 0.25) is 0 Å². The summed E-state index contributed by atoms with van der Waals surface area (Å²) in [6.45, 7) is 0.479. The van der Waals surface area contributed by atoms with Crippen molar-refractivity contribution < 1.29 is 14.6 Å². The number of benzene rings is 1. The van der Waals surface area contributed by atoms with E-state index in [0.717, 1.165) is 14.2 Å². The zero-order valence-corrected chi connectivity index (χ0v) is 12.3. The van der Waals surface area contributed by atoms with E-state index in [1.165, 1.54) is 0 Å². The van der Waals surface area contributed by atoms with E-state index in [4.69, 9.17) is 14.6 Å². The highest BCUT2D eigenvalue weighted by Gasteiger charge is 2.06. The van der Waals surface area contributed by atoms with E-state index >= 15 is 0 Å². The standard InChI is InChI=1S/C13H13BrO3S/c1-16-11-4-2-9(7-15)6-12(11)17-8-10-3-5-13(14)18-10/h2-6,15H,7-8H2,1H3. The van der Waals surface area contributed by atoms with Gasteiger partial charge in [-0.1, -0.05) is 6.07 Å². The number of halogens is 1. The van der Waals surface area contributed by atoms with E-state index in [9.17, 15) is 0 Å². The van der Waals surface area contributed by atoms with Crippen LogP contribution in [0.25, 0.3) is 0 Å². The van der Waals surface area contributed by atoms with Gasteiger partial charge in [0.05, 0.1) is 17.5 Å². The van der Waals surface area contributed by atoms with Crippen molar-refractivity contribution in [3.63, 3.8) is 0 Å². The molecule has 2 aromatic rings. The van der Waals surface area contributed by atoms with Crippen molar-refractivity contribution in [3.05, 3.63) is 44.6 Å². The number of ether oxygens (including phenoxy) is 2. The molecule has 1 aromatic heterocycles. The topological polar surface area (TPSA) is 38.7 Å². The van der Waals surface area contributed by atoms with Gasteiger partial charge in [-0.2, -0.15) is 0 Å². The van der Waals surface area contributed by atoms with E-state index in [-0.39, 0.29) is 6.61 Å². The largest absolute Gasteiger partial charge is 0.493 e. The first-order valence-electron chi connectivity index (χ1n) is 5.37. The zero-order valence-electron chi connectivity index (χ0n) is 9.85. The third kappa shape index (κ3) is 3.25. The van der Waals surface area contributed by atoms with Crippen molar-refractivity contribution in [2.24, 2.45) is 0 Å². The molecule has 0 fully saturated rings. The smallest absolute Gasteiger partial charge is 0.162 e. The van der Waals surface area contributed by atoms with Gasteiger partial charge in [0.15, 0.2) is 11.5 Å². The van der Waals surface area contributed by atoms with Crippen molar-refractivity contribution in [1.29, 1.82) is 0 Å². The highest BCUT2D eigenvalue weighted by molar-refractivity contribution is 9.11. The van der Waals surface area contributed by atoms with Gasteiger partial charge >= 0.3 is 0 Å². The number of thiophene rings is 1. The van der Waals surface area contributed by atoms with Crippen LogP contribution in [0.15, 0.2) is 34.1 Å². The molecule has 0 spiro atoms. The average molecular weight is 329 g/mol. The molecule has 0 aliphatic carbocycles. The van der Waals surface area contributed by atoms with Crippen molar-refractivity contribution in [2.75, 3.05) is 7.11 Å². The summed E-state index contributed by atoms with van der Waals surface area (Å²) < 4.78 is 12.0. The van der Waals surface area contributed by atoms with Crippen LogP contribution in [0.5, 0.6) is 11.5 Å². The Morgan fingerprint density at radius 3 is 2.67 bits per heavy atom. The van der Waals surface area contributed by atoms with Gasteiger partial charge in [0, 0.05) is 4.88 Å². The molecule has 1 N–H and O–H groups in total. The second-order valence-electron chi connectivity index (χ2n) is 3.64. The summed E-state index contributed by atoms with van der Waals surface area (Å²) in [5.41, 5.74) is 0.804. The lowest BCUT2D eigenvalue weighted by molar-refractivity contribution is 0.273. The van der Waals surface area contributed by atoms with E-state index in [1.807, 2.05) is 18.2 Å². The predicted molar refractivity (Wildman–Crippen MR) is 75.3 cm³/mol. The Morgan fingerprint density at radius 1 is 1.22 bits per heavy atom. The van der Waals surface area contributed by atoms with Crippen LogP contribution in [0.1, 0.15) is 10.4 Å². The Bertz CT molecular complexity index is 525. The average Bonchev–Trinajstić information content (AvgIpc) is 2.81. The van der Waals surface area contributed by atoms with Crippen LogP contribution < -0.4 is 9.47 Å². The fraction of sp³-hybridized carbons (Fsp3) is 0.231. The third-order valence-electron chi connectivity index (χ3n) is 2.41. The van der Waals surface area contributed by atoms with Crippen molar-refractivity contribution in [2.45, 2.75) is 13.2 Å². The highest BCUT2D eigenvalue weighted by Crippen LogP contribution is 2.30. The summed E-state index contributed by atoms with van der Waals surface area (Å²) in [4.78, 5) is 1.12. The van der Waals surface area contributed by atoms with Crippen molar-refractivity contribution >= 4 is 27.3 Å². The van der Waals surface area contributed by atoms with Gasteiger partial charge in [-0.05, 0) is 45.8 Å². The summed E-state index contributed by atoms with van der Waals surface area (Å²) in [6.07, 6.45) is 0. The van der Waals surface area contributed by atoms with Crippen molar-refractivity contribution in [3.8, 4) is 11.5 Å². The molecule has 1 heterocycles. The summed E-state index contributed by atoms with van der Waals surface area (Å²) >= 11 is 5.05. The number of hydrogen-bond donors (Lipinski definition) is 1. The van der Waals surface area contributed by atoms with Gasteiger partial charge in [-0.3, -0.25) is 0 Å². The molecule has 96 valence electrons. The number of rotatable bonds is 5. The lowest BCUT2D eigenvalue weighted by Crippen LogP contribution is -1.97. The Balaban J connectivity index is 2.11. The second kappa shape index (κ2) is 6.22. The van der Waals surface area contributed by atoms with Crippen LogP contribution in [0.4, 0.5) is 0 Å². The molecular formula is C13H13BrO3S. The molecule has 0 radical (unpaired) electrons. The maximum Gasteiger partial charge on any atom is 0.162 e. The van der Waals surface area contributed by atoms with Gasteiger partial charge in [0.25, 0.3) is 0 Å². The van der Waals surface area contributed by atoms with Crippen LogP contribution in [0.3, 0.4) is 0 Å². The molecule has 0 aliphatic heterocycles. The first-order valence-corrected chi connectivity index (χ1v) is 6.98. The van der Waals surface area contributed by atoms with Crippen LogP contribution in [0, 0.1) is 0 Å². The number of aliphatic hydroxyl groups excluding tert-OH is 1. The normalized spacial score (nSPS) is 10.4. The third-order valence-corrected chi connectivity index (χ3v) is 4.01. The van der Waals surface area contributed by atoms with Gasteiger partial charge in [0.2, 0.25) is 0 Å². The molecule has 1 aromatic carbocycles. The molecule has 5 heteroatoms. The van der Waals surface area contributed by atoms with E-state index in [1.54, 1.807) is 30.6 Å². The lowest BCUT2D eigenvalue weighted by Gasteiger charge is -2.11. The number of hydrogen-bond acceptors (Lipinski definition) is 4. The van der Waals surface area contributed by atoms with Crippen LogP contribution in [-0.2, 0) is 13.2 Å². The number of aliphatic hydroxyl groups is 1. The highest BCUT2D eigenvalue weighted by atomic mass is 79.9. The van der Waals surface area contributed by atoms with Gasteiger partial charge in [-0.25, -0.2) is 0 Å². The van der Waals surface area contributed by atoms with Gasteiger partial charge in [-0.15, -0.1) is 11.3 Å². The SMILES string of the molecule is COc1ccc(CO)cc1OCc1ccc(Br)s1.